The third-order valence-electron chi connectivity index (χ3n) is 6.00. The molecule has 0 radical (unpaired) electrons. The second kappa shape index (κ2) is 9.65. The SMILES string of the molecule is COc1ccccc1NC(=O)[C@@H](C)OC(=O)c1ccc2c(c1)C(=O)N(Cc1ccc3c(c1)OCO3)C2=O. The van der Waals surface area contributed by atoms with E-state index in [2.05, 4.69) is 5.32 Å². The van der Waals surface area contributed by atoms with Gasteiger partial charge >= 0.3 is 5.97 Å². The zero-order valence-electron chi connectivity index (χ0n) is 20.0. The Bertz CT molecular complexity index is 1430. The zero-order chi connectivity index (χ0) is 26.1. The molecule has 3 amide bonds. The normalized spacial score (nSPS) is 14.3. The molecule has 0 saturated heterocycles. The number of carbonyl (C=O) groups is 4. The smallest absolute Gasteiger partial charge is 0.338 e. The highest BCUT2D eigenvalue weighted by Crippen LogP contribution is 2.34. The number of benzene rings is 3. The molecule has 0 aromatic heterocycles. The zero-order valence-corrected chi connectivity index (χ0v) is 20.0. The molecular formula is C27H22N2O8. The first-order valence-corrected chi connectivity index (χ1v) is 11.4. The fourth-order valence-corrected chi connectivity index (χ4v) is 4.05. The van der Waals surface area contributed by atoms with E-state index in [-0.39, 0.29) is 30.0 Å². The Balaban J connectivity index is 1.27. The van der Waals surface area contributed by atoms with E-state index in [0.29, 0.717) is 28.5 Å². The molecule has 2 aliphatic heterocycles. The molecule has 2 heterocycles. The fourth-order valence-electron chi connectivity index (χ4n) is 4.05. The number of ether oxygens (including phenoxy) is 4. The average Bonchev–Trinajstić information content (AvgIpc) is 3.47. The summed E-state index contributed by atoms with van der Waals surface area (Å²) in [5.74, 6) is -0.763. The molecule has 37 heavy (non-hydrogen) atoms. The number of nitrogens with one attached hydrogen (secondary N) is 1. The summed E-state index contributed by atoms with van der Waals surface area (Å²) in [5, 5.41) is 2.65. The molecule has 0 aliphatic carbocycles. The summed E-state index contributed by atoms with van der Waals surface area (Å²) >= 11 is 0. The van der Waals surface area contributed by atoms with Crippen LogP contribution in [0.5, 0.6) is 17.2 Å². The maximum Gasteiger partial charge on any atom is 0.338 e. The summed E-state index contributed by atoms with van der Waals surface area (Å²) in [4.78, 5) is 52.3. The van der Waals surface area contributed by atoms with Gasteiger partial charge in [-0.15, -0.1) is 0 Å². The van der Waals surface area contributed by atoms with Crippen molar-refractivity contribution in [2.45, 2.75) is 19.6 Å². The summed E-state index contributed by atoms with van der Waals surface area (Å²) in [7, 11) is 1.48. The Morgan fingerprint density at radius 2 is 1.73 bits per heavy atom. The number of imide groups is 1. The molecule has 0 fully saturated rings. The van der Waals surface area contributed by atoms with E-state index >= 15 is 0 Å². The third kappa shape index (κ3) is 4.56. The van der Waals surface area contributed by atoms with E-state index in [1.54, 1.807) is 42.5 Å². The molecule has 3 aromatic carbocycles. The number of amides is 3. The molecule has 2 aliphatic rings. The van der Waals surface area contributed by atoms with Gasteiger partial charge in [0.05, 0.1) is 36.0 Å². The maximum absolute atomic E-state index is 13.0. The van der Waals surface area contributed by atoms with Crippen molar-refractivity contribution in [3.8, 4) is 17.2 Å². The summed E-state index contributed by atoms with van der Waals surface area (Å²) in [6.45, 7) is 1.58. The number of esters is 1. The van der Waals surface area contributed by atoms with Crippen LogP contribution in [0, 0.1) is 0 Å². The number of fused-ring (bicyclic) bond motifs is 2. The quantitative estimate of drug-likeness (QED) is 0.386. The van der Waals surface area contributed by atoms with Gasteiger partial charge in [-0.3, -0.25) is 19.3 Å². The van der Waals surface area contributed by atoms with E-state index in [1.165, 1.54) is 32.2 Å². The molecule has 10 nitrogen and oxygen atoms in total. The molecular weight excluding hydrogens is 480 g/mol. The van der Waals surface area contributed by atoms with Crippen LogP contribution in [0.1, 0.15) is 43.6 Å². The number of carbonyl (C=O) groups excluding carboxylic acids is 4. The van der Waals surface area contributed by atoms with Gasteiger partial charge < -0.3 is 24.3 Å². The molecule has 1 N–H and O–H groups in total. The Morgan fingerprint density at radius 1 is 0.973 bits per heavy atom. The van der Waals surface area contributed by atoms with Crippen LogP contribution in [-0.4, -0.2) is 48.6 Å². The molecule has 0 bridgehead atoms. The maximum atomic E-state index is 13.0. The lowest BCUT2D eigenvalue weighted by atomic mass is 10.1. The molecule has 188 valence electrons. The first kappa shape index (κ1) is 23.9. The van der Waals surface area contributed by atoms with Crippen molar-refractivity contribution >= 4 is 29.4 Å². The van der Waals surface area contributed by atoms with Crippen LogP contribution in [0.15, 0.2) is 60.7 Å². The Hall–Kier alpha value is -4.86. The summed E-state index contributed by atoms with van der Waals surface area (Å²) in [6, 6.07) is 16.1. The minimum atomic E-state index is -1.13. The summed E-state index contributed by atoms with van der Waals surface area (Å²) in [5.41, 5.74) is 1.44. The lowest BCUT2D eigenvalue weighted by Crippen LogP contribution is -2.30. The van der Waals surface area contributed by atoms with Gasteiger partial charge in [0.25, 0.3) is 17.7 Å². The van der Waals surface area contributed by atoms with E-state index in [4.69, 9.17) is 18.9 Å². The van der Waals surface area contributed by atoms with Crippen molar-refractivity contribution in [2.75, 3.05) is 19.2 Å². The molecule has 10 heteroatoms. The number of rotatable bonds is 7. The van der Waals surface area contributed by atoms with Gasteiger partial charge in [-0.25, -0.2) is 4.79 Å². The average molecular weight is 502 g/mol. The van der Waals surface area contributed by atoms with Gasteiger partial charge in [-0.05, 0) is 55.0 Å². The van der Waals surface area contributed by atoms with Crippen LogP contribution in [0.2, 0.25) is 0 Å². The van der Waals surface area contributed by atoms with Crippen LogP contribution in [0.25, 0.3) is 0 Å². The molecule has 3 aromatic rings. The molecule has 5 rings (SSSR count). The first-order valence-electron chi connectivity index (χ1n) is 11.4. The van der Waals surface area contributed by atoms with Gasteiger partial charge in [-0.2, -0.15) is 0 Å². The molecule has 1 atom stereocenters. The number of hydrogen-bond donors (Lipinski definition) is 1. The largest absolute Gasteiger partial charge is 0.495 e. The van der Waals surface area contributed by atoms with Gasteiger partial charge in [-0.1, -0.05) is 18.2 Å². The van der Waals surface area contributed by atoms with Crippen molar-refractivity contribution in [1.29, 1.82) is 0 Å². The summed E-state index contributed by atoms with van der Waals surface area (Å²) < 4.78 is 21.2. The predicted molar refractivity (Wildman–Crippen MR) is 130 cm³/mol. The van der Waals surface area contributed by atoms with Crippen LogP contribution in [0.4, 0.5) is 5.69 Å². The lowest BCUT2D eigenvalue weighted by molar-refractivity contribution is -0.123. The fraction of sp³-hybridized carbons (Fsp3) is 0.185. The standard InChI is InChI=1S/C27H22N2O8/c1-15(24(30)28-20-5-3-4-6-21(20)34-2)37-27(33)17-8-9-18-19(12-17)26(32)29(25(18)31)13-16-7-10-22-23(11-16)36-14-35-22/h3-12,15H,13-14H2,1-2H3,(H,28,30)/t15-/m1/s1. The Kier molecular flexibility index (Phi) is 6.22. The Labute approximate surface area is 211 Å². The van der Waals surface area contributed by atoms with Crippen molar-refractivity contribution in [1.82, 2.24) is 4.90 Å². The molecule has 0 saturated carbocycles. The highest BCUT2D eigenvalue weighted by molar-refractivity contribution is 6.21. The van der Waals surface area contributed by atoms with E-state index in [1.807, 2.05) is 0 Å². The number of anilines is 1. The Morgan fingerprint density at radius 3 is 2.54 bits per heavy atom. The second-order valence-corrected chi connectivity index (χ2v) is 8.38. The lowest BCUT2D eigenvalue weighted by Gasteiger charge is -2.15. The van der Waals surface area contributed by atoms with Gasteiger partial charge in [0.1, 0.15) is 5.75 Å². The van der Waals surface area contributed by atoms with Crippen molar-refractivity contribution in [2.24, 2.45) is 0 Å². The minimum Gasteiger partial charge on any atom is -0.495 e. The van der Waals surface area contributed by atoms with Crippen LogP contribution in [0.3, 0.4) is 0 Å². The first-order chi connectivity index (χ1) is 17.9. The highest BCUT2D eigenvalue weighted by atomic mass is 16.7. The van der Waals surface area contributed by atoms with Crippen LogP contribution in [-0.2, 0) is 16.1 Å². The topological polar surface area (TPSA) is 120 Å². The summed E-state index contributed by atoms with van der Waals surface area (Å²) in [6.07, 6.45) is -1.13. The van der Waals surface area contributed by atoms with Crippen molar-refractivity contribution in [3.05, 3.63) is 82.9 Å². The van der Waals surface area contributed by atoms with Crippen LogP contribution >= 0.6 is 0 Å². The molecule has 0 spiro atoms. The third-order valence-corrected chi connectivity index (χ3v) is 6.00. The van der Waals surface area contributed by atoms with Crippen LogP contribution < -0.4 is 19.5 Å². The second-order valence-electron chi connectivity index (χ2n) is 8.38. The monoisotopic (exact) mass is 502 g/mol. The van der Waals surface area contributed by atoms with Crippen molar-refractivity contribution < 1.29 is 38.1 Å². The minimum absolute atomic E-state index is 0.0307. The van der Waals surface area contributed by atoms with Gasteiger partial charge in [0, 0.05) is 0 Å². The number of para-hydroxylation sites is 2. The van der Waals surface area contributed by atoms with Gasteiger partial charge in [0.15, 0.2) is 17.6 Å². The van der Waals surface area contributed by atoms with E-state index < -0.39 is 29.8 Å². The number of methoxy groups -OCH3 is 1. The highest BCUT2D eigenvalue weighted by Gasteiger charge is 2.36. The van der Waals surface area contributed by atoms with E-state index in [9.17, 15) is 19.2 Å². The predicted octanol–water partition coefficient (Wildman–Crippen LogP) is 3.40. The number of hydrogen-bond acceptors (Lipinski definition) is 8. The number of nitrogens with zero attached hydrogens (tertiary/aromatic N) is 1. The van der Waals surface area contributed by atoms with E-state index in [0.717, 1.165) is 4.90 Å². The van der Waals surface area contributed by atoms with Gasteiger partial charge in [0.2, 0.25) is 6.79 Å². The van der Waals surface area contributed by atoms with Crippen molar-refractivity contribution in [3.63, 3.8) is 0 Å². The molecule has 0 unspecified atom stereocenters.